The van der Waals surface area contributed by atoms with Gasteiger partial charge in [0, 0.05) is 37.9 Å². The Labute approximate surface area is 144 Å². The lowest BCUT2D eigenvalue weighted by atomic mass is 9.74. The molecule has 3 fully saturated rings. The lowest BCUT2D eigenvalue weighted by Crippen LogP contribution is -2.49. The maximum atomic E-state index is 4.45. The van der Waals surface area contributed by atoms with E-state index in [1.807, 2.05) is 12.3 Å². The van der Waals surface area contributed by atoms with E-state index < -0.39 is 0 Å². The summed E-state index contributed by atoms with van der Waals surface area (Å²) in [5, 5.41) is 3.98. The average molecular weight is 332 g/mol. The van der Waals surface area contributed by atoms with Crippen LogP contribution in [0.2, 0.25) is 0 Å². The molecule has 3 heterocycles. The lowest BCUT2D eigenvalue weighted by molar-refractivity contribution is 0.155. The van der Waals surface area contributed by atoms with Crippen LogP contribution in [0.25, 0.3) is 0 Å². The largest absolute Gasteiger partial charge is 0.311 e. The fraction of sp³-hybridized carbons (Fsp3) is 0.737. The maximum Gasteiger partial charge on any atom is 0.0543 e. The highest BCUT2D eigenvalue weighted by atomic mass is 32.2. The van der Waals surface area contributed by atoms with Crippen LogP contribution in [0.3, 0.4) is 0 Å². The molecule has 3 aliphatic rings. The Morgan fingerprint density at radius 3 is 2.43 bits per heavy atom. The van der Waals surface area contributed by atoms with Crippen molar-refractivity contribution in [2.45, 2.75) is 57.2 Å². The number of hydrogen-bond donors (Lipinski definition) is 1. The Morgan fingerprint density at radius 2 is 1.83 bits per heavy atom. The summed E-state index contributed by atoms with van der Waals surface area (Å²) in [7, 11) is 0. The van der Waals surface area contributed by atoms with Crippen molar-refractivity contribution >= 4 is 11.8 Å². The summed E-state index contributed by atoms with van der Waals surface area (Å²) in [4.78, 5) is 7.01. The Hall–Kier alpha value is -0.580. The van der Waals surface area contributed by atoms with Gasteiger partial charge in [-0.2, -0.15) is 11.8 Å². The molecule has 0 aromatic carbocycles. The van der Waals surface area contributed by atoms with E-state index in [1.165, 1.54) is 68.8 Å². The number of thioether (sulfide) groups is 1. The van der Waals surface area contributed by atoms with Gasteiger partial charge in [-0.1, -0.05) is 6.07 Å². The zero-order valence-corrected chi connectivity index (χ0v) is 14.9. The molecule has 1 N–H and O–H groups in total. The second kappa shape index (κ2) is 7.12. The molecule has 23 heavy (non-hydrogen) atoms. The SMILES string of the molecule is c1ccc(CN2CCC(NC3CCC4(CC3)CSC4)CC2)nc1. The Balaban J connectivity index is 1.18. The minimum atomic E-state index is 0.741. The highest BCUT2D eigenvalue weighted by molar-refractivity contribution is 8.00. The number of piperidine rings is 1. The van der Waals surface area contributed by atoms with Crippen LogP contribution >= 0.6 is 11.8 Å². The molecular formula is C19H29N3S. The van der Waals surface area contributed by atoms with Crippen molar-refractivity contribution in [1.29, 1.82) is 0 Å². The average Bonchev–Trinajstić information content (AvgIpc) is 2.57. The van der Waals surface area contributed by atoms with Crippen molar-refractivity contribution in [1.82, 2.24) is 15.2 Å². The van der Waals surface area contributed by atoms with Crippen LogP contribution in [0, 0.1) is 5.41 Å². The number of aromatic nitrogens is 1. The molecule has 0 amide bonds. The van der Waals surface area contributed by atoms with Gasteiger partial charge < -0.3 is 5.32 Å². The minimum Gasteiger partial charge on any atom is -0.311 e. The molecule has 1 aliphatic carbocycles. The Bertz CT molecular complexity index is 485. The van der Waals surface area contributed by atoms with Gasteiger partial charge in [0.25, 0.3) is 0 Å². The first-order valence-electron chi connectivity index (χ1n) is 9.27. The van der Waals surface area contributed by atoms with E-state index in [9.17, 15) is 0 Å². The van der Waals surface area contributed by atoms with Crippen molar-refractivity contribution in [3.63, 3.8) is 0 Å². The zero-order valence-electron chi connectivity index (χ0n) is 14.0. The molecular weight excluding hydrogens is 302 g/mol. The number of hydrogen-bond acceptors (Lipinski definition) is 4. The standard InChI is InChI=1S/C19H29N3S/c1-2-10-20-18(3-1)13-22-11-6-17(7-12-22)21-16-4-8-19(9-5-16)14-23-15-19/h1-3,10,16-17,21H,4-9,11-15H2. The van der Waals surface area contributed by atoms with Crippen LogP contribution in [-0.2, 0) is 6.54 Å². The van der Waals surface area contributed by atoms with Gasteiger partial charge in [-0.05, 0) is 67.6 Å². The van der Waals surface area contributed by atoms with E-state index in [2.05, 4.69) is 39.1 Å². The third-order valence-electron chi connectivity index (χ3n) is 6.03. The third kappa shape index (κ3) is 3.92. The minimum absolute atomic E-state index is 0.741. The quantitative estimate of drug-likeness (QED) is 0.916. The van der Waals surface area contributed by atoms with Crippen LogP contribution < -0.4 is 5.32 Å². The van der Waals surface area contributed by atoms with Crippen LogP contribution in [0.5, 0.6) is 0 Å². The van der Waals surface area contributed by atoms with Crippen LogP contribution in [-0.4, -0.2) is 46.6 Å². The molecule has 3 nitrogen and oxygen atoms in total. The van der Waals surface area contributed by atoms with Gasteiger partial charge in [0.1, 0.15) is 0 Å². The van der Waals surface area contributed by atoms with Crippen LogP contribution in [0.15, 0.2) is 24.4 Å². The summed E-state index contributed by atoms with van der Waals surface area (Å²) in [6, 6.07) is 7.76. The predicted molar refractivity (Wildman–Crippen MR) is 97.7 cm³/mol. The monoisotopic (exact) mass is 331 g/mol. The van der Waals surface area contributed by atoms with Gasteiger partial charge in [-0.3, -0.25) is 9.88 Å². The molecule has 0 unspecified atom stereocenters. The van der Waals surface area contributed by atoms with Gasteiger partial charge in [0.15, 0.2) is 0 Å². The van der Waals surface area contributed by atoms with Gasteiger partial charge in [-0.25, -0.2) is 0 Å². The van der Waals surface area contributed by atoms with E-state index in [1.54, 1.807) is 0 Å². The fourth-order valence-corrected chi connectivity index (χ4v) is 5.75. The molecule has 126 valence electrons. The number of rotatable bonds is 4. The van der Waals surface area contributed by atoms with Crippen molar-refractivity contribution in [2.75, 3.05) is 24.6 Å². The number of nitrogens with one attached hydrogen (secondary N) is 1. The molecule has 1 aromatic rings. The summed E-state index contributed by atoms with van der Waals surface area (Å²) in [6.45, 7) is 3.43. The van der Waals surface area contributed by atoms with E-state index in [0.29, 0.717) is 0 Å². The number of pyridine rings is 1. The highest BCUT2D eigenvalue weighted by Crippen LogP contribution is 2.48. The molecule has 0 bridgehead atoms. The molecule has 4 rings (SSSR count). The smallest absolute Gasteiger partial charge is 0.0543 e. The van der Waals surface area contributed by atoms with Gasteiger partial charge in [0.2, 0.25) is 0 Å². The van der Waals surface area contributed by atoms with Crippen molar-refractivity contribution < 1.29 is 0 Å². The van der Waals surface area contributed by atoms with E-state index >= 15 is 0 Å². The van der Waals surface area contributed by atoms with Crippen LogP contribution in [0.4, 0.5) is 0 Å². The summed E-state index contributed by atoms with van der Waals surface area (Å²) >= 11 is 2.15. The summed E-state index contributed by atoms with van der Waals surface area (Å²) in [5.41, 5.74) is 1.96. The first-order valence-corrected chi connectivity index (χ1v) is 10.4. The summed E-state index contributed by atoms with van der Waals surface area (Å²) in [5.74, 6) is 2.87. The number of nitrogens with zero attached hydrogens (tertiary/aromatic N) is 2. The summed E-state index contributed by atoms with van der Waals surface area (Å²) in [6.07, 6.45) is 10.3. The molecule has 2 aliphatic heterocycles. The lowest BCUT2D eigenvalue weighted by Gasteiger charge is -2.47. The van der Waals surface area contributed by atoms with E-state index in [4.69, 9.17) is 0 Å². The Morgan fingerprint density at radius 1 is 1.09 bits per heavy atom. The third-order valence-corrected chi connectivity index (χ3v) is 7.67. The van der Waals surface area contributed by atoms with Crippen molar-refractivity contribution in [3.05, 3.63) is 30.1 Å². The molecule has 1 spiro atoms. The van der Waals surface area contributed by atoms with Gasteiger partial charge >= 0.3 is 0 Å². The molecule has 0 atom stereocenters. The van der Waals surface area contributed by atoms with Gasteiger partial charge in [0.05, 0.1) is 5.69 Å². The van der Waals surface area contributed by atoms with Crippen LogP contribution in [0.1, 0.15) is 44.2 Å². The molecule has 4 heteroatoms. The second-order valence-electron chi connectivity index (χ2n) is 7.81. The second-order valence-corrected chi connectivity index (χ2v) is 8.79. The maximum absolute atomic E-state index is 4.45. The zero-order chi connectivity index (χ0) is 15.5. The predicted octanol–water partition coefficient (Wildman–Crippen LogP) is 3.31. The molecule has 1 saturated carbocycles. The molecule has 0 radical (unpaired) electrons. The summed E-state index contributed by atoms with van der Waals surface area (Å²) < 4.78 is 0. The topological polar surface area (TPSA) is 28.2 Å². The Kier molecular flexibility index (Phi) is 4.93. The van der Waals surface area contributed by atoms with E-state index in [0.717, 1.165) is 24.0 Å². The van der Waals surface area contributed by atoms with E-state index in [-0.39, 0.29) is 0 Å². The molecule has 2 saturated heterocycles. The molecule has 1 aromatic heterocycles. The first kappa shape index (κ1) is 15.9. The number of likely N-dealkylation sites (tertiary alicyclic amines) is 1. The highest BCUT2D eigenvalue weighted by Gasteiger charge is 2.41. The first-order chi connectivity index (χ1) is 11.3. The van der Waals surface area contributed by atoms with Gasteiger partial charge in [-0.15, -0.1) is 0 Å². The normalized spacial score (nSPS) is 26.3. The fourth-order valence-electron chi connectivity index (χ4n) is 4.39. The van der Waals surface area contributed by atoms with Crippen molar-refractivity contribution in [2.24, 2.45) is 5.41 Å². The van der Waals surface area contributed by atoms with Crippen molar-refractivity contribution in [3.8, 4) is 0 Å².